The minimum absolute atomic E-state index is 1.01. The Morgan fingerprint density at radius 1 is 1.36 bits per heavy atom. The molecule has 1 fully saturated rings. The van der Waals surface area contributed by atoms with E-state index in [-0.39, 0.29) is 0 Å². The number of hydrogen-bond acceptors (Lipinski definition) is 2. The van der Waals surface area contributed by atoms with Crippen LogP contribution >= 0.6 is 12.6 Å². The van der Waals surface area contributed by atoms with Crippen LogP contribution in [0.25, 0.3) is 0 Å². The van der Waals surface area contributed by atoms with Gasteiger partial charge in [-0.15, -0.1) is 0 Å². The first-order chi connectivity index (χ1) is 5.36. The number of hydrogen-bond donors (Lipinski definition) is 1. The maximum absolute atomic E-state index is 4.23. The molecule has 1 nitrogen and oxygen atoms in total. The van der Waals surface area contributed by atoms with Crippen molar-refractivity contribution >= 4 is 12.6 Å². The van der Waals surface area contributed by atoms with Gasteiger partial charge in [0.15, 0.2) is 0 Å². The zero-order chi connectivity index (χ0) is 8.10. The molecule has 11 heavy (non-hydrogen) atoms. The van der Waals surface area contributed by atoms with Crippen LogP contribution in [0.4, 0.5) is 0 Å². The van der Waals surface area contributed by atoms with E-state index in [2.05, 4.69) is 24.5 Å². The maximum atomic E-state index is 4.23. The van der Waals surface area contributed by atoms with Crippen molar-refractivity contribution in [2.45, 2.75) is 26.2 Å². The highest BCUT2D eigenvalue weighted by Gasteiger charge is 2.16. The predicted octanol–water partition coefficient (Wildman–Crippen LogP) is 2.04. The van der Waals surface area contributed by atoms with Crippen LogP contribution in [-0.4, -0.2) is 30.3 Å². The van der Waals surface area contributed by atoms with Gasteiger partial charge in [0.05, 0.1) is 0 Å². The van der Waals surface area contributed by atoms with Crippen molar-refractivity contribution in [2.75, 3.05) is 25.4 Å². The molecular weight excluding hydrogens is 154 g/mol. The number of thiol groups is 1. The number of rotatable bonds is 3. The lowest BCUT2D eigenvalue weighted by atomic mass is 9.94. The first-order valence-electron chi connectivity index (χ1n) is 4.70. The summed E-state index contributed by atoms with van der Waals surface area (Å²) in [6, 6.07) is 0. The van der Waals surface area contributed by atoms with Gasteiger partial charge in [0.25, 0.3) is 0 Å². The van der Waals surface area contributed by atoms with E-state index in [1.165, 1.54) is 38.9 Å². The van der Waals surface area contributed by atoms with Gasteiger partial charge in [-0.3, -0.25) is 0 Å². The molecule has 66 valence electrons. The van der Waals surface area contributed by atoms with Gasteiger partial charge in [0.1, 0.15) is 0 Å². The number of likely N-dealkylation sites (tertiary alicyclic amines) is 1. The zero-order valence-electron chi connectivity index (χ0n) is 7.42. The van der Waals surface area contributed by atoms with Crippen LogP contribution in [0.2, 0.25) is 0 Å². The third-order valence-electron chi connectivity index (χ3n) is 2.70. The second-order valence-electron chi connectivity index (χ2n) is 3.42. The van der Waals surface area contributed by atoms with Crippen LogP contribution in [0.5, 0.6) is 0 Å². The minimum Gasteiger partial charge on any atom is -0.303 e. The van der Waals surface area contributed by atoms with E-state index in [0.717, 1.165) is 11.7 Å². The molecule has 1 saturated heterocycles. The van der Waals surface area contributed by atoms with Gasteiger partial charge in [-0.25, -0.2) is 0 Å². The van der Waals surface area contributed by atoms with Crippen molar-refractivity contribution in [3.8, 4) is 0 Å². The van der Waals surface area contributed by atoms with Gasteiger partial charge in [0, 0.05) is 12.3 Å². The SMILES string of the molecule is CCC1CCN(CCS)CC1. The fourth-order valence-corrected chi connectivity index (χ4v) is 2.04. The molecule has 0 atom stereocenters. The molecule has 1 rings (SSSR count). The molecule has 0 N–H and O–H groups in total. The second kappa shape index (κ2) is 5.04. The quantitative estimate of drug-likeness (QED) is 0.639. The van der Waals surface area contributed by atoms with Crippen LogP contribution in [0.3, 0.4) is 0 Å². The molecule has 0 spiro atoms. The summed E-state index contributed by atoms with van der Waals surface area (Å²) in [5, 5.41) is 0. The van der Waals surface area contributed by atoms with Gasteiger partial charge in [-0.2, -0.15) is 12.6 Å². The first-order valence-corrected chi connectivity index (χ1v) is 5.33. The summed E-state index contributed by atoms with van der Waals surface area (Å²) in [6.45, 7) is 6.09. The Hall–Kier alpha value is 0.310. The van der Waals surface area contributed by atoms with Crippen LogP contribution in [-0.2, 0) is 0 Å². The smallest absolute Gasteiger partial charge is 0.00698 e. The molecular formula is C9H19NS. The molecule has 0 amide bonds. The molecule has 0 bridgehead atoms. The fraction of sp³-hybridized carbons (Fsp3) is 1.00. The standard InChI is InChI=1S/C9H19NS/c1-2-9-3-5-10(6-4-9)7-8-11/h9,11H,2-8H2,1H3. The molecule has 0 aliphatic carbocycles. The van der Waals surface area contributed by atoms with Crippen molar-refractivity contribution in [3.63, 3.8) is 0 Å². The lowest BCUT2D eigenvalue weighted by Gasteiger charge is -2.30. The van der Waals surface area contributed by atoms with Crippen molar-refractivity contribution in [1.82, 2.24) is 4.90 Å². The largest absolute Gasteiger partial charge is 0.303 e. The van der Waals surface area contributed by atoms with E-state index in [4.69, 9.17) is 0 Å². The average molecular weight is 173 g/mol. The molecule has 0 radical (unpaired) electrons. The van der Waals surface area contributed by atoms with Crippen LogP contribution in [0, 0.1) is 5.92 Å². The Labute approximate surface area is 75.6 Å². The summed E-state index contributed by atoms with van der Waals surface area (Å²) in [5.74, 6) is 2.02. The highest BCUT2D eigenvalue weighted by molar-refractivity contribution is 7.80. The molecule has 2 heteroatoms. The van der Waals surface area contributed by atoms with E-state index in [0.29, 0.717) is 0 Å². The highest BCUT2D eigenvalue weighted by atomic mass is 32.1. The summed E-state index contributed by atoms with van der Waals surface area (Å²) < 4.78 is 0. The highest BCUT2D eigenvalue weighted by Crippen LogP contribution is 2.19. The molecule has 0 aromatic heterocycles. The molecule has 1 aliphatic heterocycles. The van der Waals surface area contributed by atoms with E-state index in [1.54, 1.807) is 0 Å². The van der Waals surface area contributed by atoms with Crippen LogP contribution in [0.15, 0.2) is 0 Å². The summed E-state index contributed by atoms with van der Waals surface area (Å²) in [4.78, 5) is 2.53. The third-order valence-corrected chi connectivity index (χ3v) is 2.90. The lowest BCUT2D eigenvalue weighted by Crippen LogP contribution is -2.34. The summed E-state index contributed by atoms with van der Waals surface area (Å²) in [6.07, 6.45) is 4.18. The normalized spacial score (nSPS) is 22.4. The van der Waals surface area contributed by atoms with Gasteiger partial charge in [-0.05, 0) is 31.8 Å². The molecule has 0 aromatic carbocycles. The first kappa shape index (κ1) is 9.40. The Balaban J connectivity index is 2.14. The third kappa shape index (κ3) is 3.04. The maximum Gasteiger partial charge on any atom is 0.00698 e. The van der Waals surface area contributed by atoms with Gasteiger partial charge in [-0.1, -0.05) is 13.3 Å². The summed E-state index contributed by atoms with van der Waals surface area (Å²) in [5.41, 5.74) is 0. The van der Waals surface area contributed by atoms with Gasteiger partial charge < -0.3 is 4.90 Å². The van der Waals surface area contributed by atoms with Crippen LogP contribution in [0.1, 0.15) is 26.2 Å². The van der Waals surface area contributed by atoms with E-state index < -0.39 is 0 Å². The Kier molecular flexibility index (Phi) is 4.31. The zero-order valence-corrected chi connectivity index (χ0v) is 8.32. The van der Waals surface area contributed by atoms with Crippen LogP contribution < -0.4 is 0 Å². The van der Waals surface area contributed by atoms with E-state index >= 15 is 0 Å². The summed E-state index contributed by atoms with van der Waals surface area (Å²) in [7, 11) is 0. The Morgan fingerprint density at radius 3 is 2.45 bits per heavy atom. The second-order valence-corrected chi connectivity index (χ2v) is 3.86. The predicted molar refractivity (Wildman–Crippen MR) is 53.3 cm³/mol. The molecule has 0 aromatic rings. The van der Waals surface area contributed by atoms with Crippen molar-refractivity contribution in [2.24, 2.45) is 5.92 Å². The van der Waals surface area contributed by atoms with Crippen molar-refractivity contribution < 1.29 is 0 Å². The fourth-order valence-electron chi connectivity index (χ4n) is 1.76. The summed E-state index contributed by atoms with van der Waals surface area (Å²) >= 11 is 4.23. The Morgan fingerprint density at radius 2 is 2.00 bits per heavy atom. The molecule has 1 heterocycles. The van der Waals surface area contributed by atoms with Gasteiger partial charge >= 0.3 is 0 Å². The number of piperidine rings is 1. The molecule has 0 unspecified atom stereocenters. The monoisotopic (exact) mass is 173 g/mol. The molecule has 0 saturated carbocycles. The average Bonchev–Trinajstić information content (AvgIpc) is 2.07. The van der Waals surface area contributed by atoms with Gasteiger partial charge in [0.2, 0.25) is 0 Å². The van der Waals surface area contributed by atoms with Crippen molar-refractivity contribution in [3.05, 3.63) is 0 Å². The van der Waals surface area contributed by atoms with Crippen molar-refractivity contribution in [1.29, 1.82) is 0 Å². The Bertz CT molecular complexity index is 97.7. The minimum atomic E-state index is 1.01. The van der Waals surface area contributed by atoms with E-state index in [1.807, 2.05) is 0 Å². The van der Waals surface area contributed by atoms with E-state index in [9.17, 15) is 0 Å². The topological polar surface area (TPSA) is 3.24 Å². The number of nitrogens with zero attached hydrogens (tertiary/aromatic N) is 1. The molecule has 1 aliphatic rings. The lowest BCUT2D eigenvalue weighted by molar-refractivity contribution is 0.191.